The molecule has 0 atom stereocenters. The van der Waals surface area contributed by atoms with Crippen LogP contribution in [0.4, 0.5) is 5.69 Å². The Morgan fingerprint density at radius 3 is 2.54 bits per heavy atom. The van der Waals surface area contributed by atoms with Crippen molar-refractivity contribution >= 4 is 57.6 Å². The highest BCUT2D eigenvalue weighted by Crippen LogP contribution is 2.28. The number of hydrogen-bond acceptors (Lipinski definition) is 3. The van der Waals surface area contributed by atoms with Crippen LogP contribution in [0.5, 0.6) is 0 Å². The third-order valence-electron chi connectivity index (χ3n) is 3.49. The normalized spacial score (nSPS) is 14.3. The van der Waals surface area contributed by atoms with Gasteiger partial charge in [0.05, 0.1) is 11.4 Å². The van der Waals surface area contributed by atoms with Crippen LogP contribution in [0.15, 0.2) is 60.0 Å². The standard InChI is InChI=1S/C18H15IN2O2S/c19-14-6-8-15(9-7-14)20-17(22)10-21-16(11-24-12-18(21)23)13-4-2-1-3-5-13/h1-9,11H,10,12H2,(H,20,22). The predicted molar refractivity (Wildman–Crippen MR) is 106 cm³/mol. The molecule has 0 aliphatic carbocycles. The van der Waals surface area contributed by atoms with Crippen LogP contribution >= 0.6 is 34.4 Å². The summed E-state index contributed by atoms with van der Waals surface area (Å²) in [6, 6.07) is 17.2. The lowest BCUT2D eigenvalue weighted by Gasteiger charge is -2.28. The average Bonchev–Trinajstić information content (AvgIpc) is 2.59. The molecule has 122 valence electrons. The largest absolute Gasteiger partial charge is 0.325 e. The van der Waals surface area contributed by atoms with E-state index in [1.54, 1.807) is 4.90 Å². The summed E-state index contributed by atoms with van der Waals surface area (Å²) in [6.07, 6.45) is 0. The number of carbonyl (C=O) groups is 2. The second-order valence-electron chi connectivity index (χ2n) is 5.22. The minimum absolute atomic E-state index is 0.00606. The van der Waals surface area contributed by atoms with Crippen molar-refractivity contribution < 1.29 is 9.59 Å². The number of nitrogens with zero attached hydrogens (tertiary/aromatic N) is 1. The van der Waals surface area contributed by atoms with Crippen LogP contribution in [0.1, 0.15) is 5.56 Å². The molecule has 1 aliphatic heterocycles. The topological polar surface area (TPSA) is 49.4 Å². The molecule has 0 radical (unpaired) electrons. The third kappa shape index (κ3) is 4.18. The minimum atomic E-state index is -0.210. The van der Waals surface area contributed by atoms with Crippen LogP contribution < -0.4 is 5.32 Å². The Hall–Kier alpha value is -1.80. The summed E-state index contributed by atoms with van der Waals surface area (Å²) in [4.78, 5) is 26.2. The van der Waals surface area contributed by atoms with Crippen LogP contribution in [-0.2, 0) is 9.59 Å². The van der Waals surface area contributed by atoms with Gasteiger partial charge in [-0.05, 0) is 57.8 Å². The van der Waals surface area contributed by atoms with E-state index in [2.05, 4.69) is 27.9 Å². The fourth-order valence-electron chi connectivity index (χ4n) is 2.35. The van der Waals surface area contributed by atoms with Crippen LogP contribution in [-0.4, -0.2) is 29.0 Å². The Bertz CT molecular complexity index is 775. The zero-order chi connectivity index (χ0) is 16.9. The molecule has 0 saturated heterocycles. The molecule has 0 bridgehead atoms. The van der Waals surface area contributed by atoms with Gasteiger partial charge >= 0.3 is 0 Å². The maximum atomic E-state index is 12.3. The van der Waals surface area contributed by atoms with Crippen molar-refractivity contribution in [2.24, 2.45) is 0 Å². The number of anilines is 1. The quantitative estimate of drug-likeness (QED) is 0.722. The van der Waals surface area contributed by atoms with Gasteiger partial charge in [0.1, 0.15) is 6.54 Å². The highest BCUT2D eigenvalue weighted by atomic mass is 127. The summed E-state index contributed by atoms with van der Waals surface area (Å²) in [5.74, 6) is 0.0880. The van der Waals surface area contributed by atoms with Gasteiger partial charge in [0.25, 0.3) is 0 Å². The number of halogens is 1. The third-order valence-corrected chi connectivity index (χ3v) is 5.02. The van der Waals surface area contributed by atoms with Crippen LogP contribution in [0.25, 0.3) is 5.70 Å². The van der Waals surface area contributed by atoms with E-state index in [0.717, 1.165) is 20.5 Å². The Labute approximate surface area is 158 Å². The van der Waals surface area contributed by atoms with Gasteiger partial charge in [0.15, 0.2) is 0 Å². The number of benzene rings is 2. The number of thioether (sulfide) groups is 1. The predicted octanol–water partition coefficient (Wildman–Crippen LogP) is 3.80. The summed E-state index contributed by atoms with van der Waals surface area (Å²) in [5.41, 5.74) is 2.43. The molecule has 2 aromatic rings. The van der Waals surface area contributed by atoms with E-state index in [4.69, 9.17) is 0 Å². The minimum Gasteiger partial charge on any atom is -0.325 e. The molecular formula is C18H15IN2O2S. The van der Waals surface area contributed by atoms with Crippen molar-refractivity contribution in [2.45, 2.75) is 0 Å². The lowest BCUT2D eigenvalue weighted by atomic mass is 10.1. The molecule has 1 N–H and O–H groups in total. The first kappa shape index (κ1) is 17.0. The number of rotatable bonds is 4. The molecule has 4 nitrogen and oxygen atoms in total. The van der Waals surface area contributed by atoms with E-state index in [1.165, 1.54) is 11.8 Å². The molecule has 2 aromatic carbocycles. The van der Waals surface area contributed by atoms with Gasteiger partial charge in [-0.25, -0.2) is 0 Å². The zero-order valence-corrected chi connectivity index (χ0v) is 15.7. The van der Waals surface area contributed by atoms with E-state index in [0.29, 0.717) is 5.75 Å². The van der Waals surface area contributed by atoms with Crippen molar-refractivity contribution in [3.63, 3.8) is 0 Å². The first-order chi connectivity index (χ1) is 11.6. The van der Waals surface area contributed by atoms with Crippen LogP contribution in [0.3, 0.4) is 0 Å². The Morgan fingerprint density at radius 2 is 1.83 bits per heavy atom. The Morgan fingerprint density at radius 1 is 1.12 bits per heavy atom. The van der Waals surface area contributed by atoms with Gasteiger partial charge in [-0.1, -0.05) is 30.3 Å². The maximum Gasteiger partial charge on any atom is 0.244 e. The molecular weight excluding hydrogens is 435 g/mol. The van der Waals surface area contributed by atoms with Crippen molar-refractivity contribution in [3.05, 3.63) is 69.1 Å². The molecule has 0 aromatic heterocycles. The van der Waals surface area contributed by atoms with Crippen molar-refractivity contribution in [2.75, 3.05) is 17.6 Å². The summed E-state index contributed by atoms with van der Waals surface area (Å²) in [7, 11) is 0. The second kappa shape index (κ2) is 7.85. The lowest BCUT2D eigenvalue weighted by Crippen LogP contribution is -2.39. The Kier molecular flexibility index (Phi) is 5.57. The number of carbonyl (C=O) groups excluding carboxylic acids is 2. The van der Waals surface area contributed by atoms with E-state index in [1.807, 2.05) is 60.0 Å². The molecule has 2 amide bonds. The highest BCUT2D eigenvalue weighted by molar-refractivity contribution is 14.1. The van der Waals surface area contributed by atoms with E-state index < -0.39 is 0 Å². The molecule has 1 heterocycles. The van der Waals surface area contributed by atoms with E-state index in [-0.39, 0.29) is 18.4 Å². The summed E-state index contributed by atoms with van der Waals surface area (Å²) < 4.78 is 1.10. The molecule has 0 unspecified atom stereocenters. The highest BCUT2D eigenvalue weighted by Gasteiger charge is 2.25. The van der Waals surface area contributed by atoms with Gasteiger partial charge in [-0.15, -0.1) is 11.8 Å². The number of amides is 2. The smallest absolute Gasteiger partial charge is 0.244 e. The summed E-state index contributed by atoms with van der Waals surface area (Å²) in [5, 5.41) is 4.78. The summed E-state index contributed by atoms with van der Waals surface area (Å²) >= 11 is 3.67. The fraction of sp³-hybridized carbons (Fsp3) is 0.111. The summed E-state index contributed by atoms with van der Waals surface area (Å²) in [6.45, 7) is 0.00606. The molecule has 0 saturated carbocycles. The second-order valence-corrected chi connectivity index (χ2v) is 7.32. The molecule has 1 aliphatic rings. The molecule has 3 rings (SSSR count). The van der Waals surface area contributed by atoms with Crippen molar-refractivity contribution in [1.82, 2.24) is 4.90 Å². The monoisotopic (exact) mass is 450 g/mol. The van der Waals surface area contributed by atoms with Gasteiger partial charge in [0, 0.05) is 9.26 Å². The molecule has 24 heavy (non-hydrogen) atoms. The molecule has 6 heteroatoms. The molecule has 0 spiro atoms. The number of nitrogens with one attached hydrogen (secondary N) is 1. The molecule has 0 fully saturated rings. The maximum absolute atomic E-state index is 12.3. The van der Waals surface area contributed by atoms with E-state index >= 15 is 0 Å². The first-order valence-corrected chi connectivity index (χ1v) is 9.49. The van der Waals surface area contributed by atoms with Gasteiger partial charge < -0.3 is 10.2 Å². The van der Waals surface area contributed by atoms with Crippen molar-refractivity contribution in [1.29, 1.82) is 0 Å². The van der Waals surface area contributed by atoms with Gasteiger partial charge in [0.2, 0.25) is 11.8 Å². The van der Waals surface area contributed by atoms with Gasteiger partial charge in [-0.2, -0.15) is 0 Å². The van der Waals surface area contributed by atoms with Crippen molar-refractivity contribution in [3.8, 4) is 0 Å². The van der Waals surface area contributed by atoms with Crippen LogP contribution in [0, 0.1) is 3.57 Å². The average molecular weight is 450 g/mol. The zero-order valence-electron chi connectivity index (χ0n) is 12.7. The first-order valence-electron chi connectivity index (χ1n) is 7.36. The van der Waals surface area contributed by atoms with Gasteiger partial charge in [-0.3, -0.25) is 9.59 Å². The fourth-order valence-corrected chi connectivity index (χ4v) is 3.51. The van der Waals surface area contributed by atoms with Crippen LogP contribution in [0.2, 0.25) is 0 Å². The Balaban J connectivity index is 1.74. The number of hydrogen-bond donors (Lipinski definition) is 1. The SMILES string of the molecule is O=C(CN1C(=O)CSC=C1c1ccccc1)Nc1ccc(I)cc1. The van der Waals surface area contributed by atoms with E-state index in [9.17, 15) is 9.59 Å². The lowest BCUT2D eigenvalue weighted by molar-refractivity contribution is -0.129.